The maximum absolute atomic E-state index is 10.2. The first-order valence-corrected chi connectivity index (χ1v) is 9.47. The maximum Gasteiger partial charge on any atom is 0.0414 e. The summed E-state index contributed by atoms with van der Waals surface area (Å²) < 4.78 is 0. The van der Waals surface area contributed by atoms with Gasteiger partial charge in [0.05, 0.1) is 0 Å². The lowest BCUT2D eigenvalue weighted by molar-refractivity contribution is -0.305. The molecule has 0 amide bonds. The topological polar surface area (TPSA) is 40.1 Å². The average molecular weight is 312 g/mol. The van der Waals surface area contributed by atoms with E-state index in [0.717, 1.165) is 12.8 Å². The van der Waals surface area contributed by atoms with Gasteiger partial charge in [-0.1, -0.05) is 96.8 Å². The molecule has 0 aliphatic rings. The number of aliphatic carboxylic acids is 1. The molecule has 0 atom stereocenters. The lowest BCUT2D eigenvalue weighted by atomic mass is 10.0. The van der Waals surface area contributed by atoms with Crippen LogP contribution in [-0.2, 0) is 4.79 Å². The van der Waals surface area contributed by atoms with Gasteiger partial charge < -0.3 is 9.90 Å². The van der Waals surface area contributed by atoms with Gasteiger partial charge in [-0.2, -0.15) is 0 Å². The Labute approximate surface area is 139 Å². The van der Waals surface area contributed by atoms with E-state index >= 15 is 0 Å². The zero-order valence-electron chi connectivity index (χ0n) is 15.0. The highest BCUT2D eigenvalue weighted by Gasteiger charge is 1.94. The number of carbonyl (C=O) groups is 1. The first-order valence-electron chi connectivity index (χ1n) is 9.47. The fraction of sp³-hybridized carbons (Fsp3) is 0.850. The van der Waals surface area contributed by atoms with Crippen LogP contribution in [-0.4, -0.2) is 5.97 Å². The van der Waals surface area contributed by atoms with Crippen LogP contribution in [0.3, 0.4) is 0 Å². The van der Waals surface area contributed by atoms with E-state index in [4.69, 9.17) is 0 Å². The van der Waals surface area contributed by atoms with E-state index in [-0.39, 0.29) is 6.42 Å². The summed E-state index contributed by atoms with van der Waals surface area (Å²) in [6, 6.07) is 0. The van der Waals surface area contributed by atoms with Gasteiger partial charge in [-0.3, -0.25) is 0 Å². The summed E-state index contributed by atoms with van der Waals surface area (Å²) in [5.74, 6) is -0.903. The zero-order valence-corrected chi connectivity index (χ0v) is 15.0. The lowest BCUT2D eigenvalue weighted by Gasteiger charge is -2.04. The molecule has 2 nitrogen and oxygen atoms in total. The van der Waals surface area contributed by atoms with E-state index in [0.29, 0.717) is 0 Å². The monoisotopic (exact) mass is 311 g/mol. The minimum atomic E-state index is -0.903. The summed E-state index contributed by atoms with van der Waals surface area (Å²) >= 11 is 0. The molecule has 0 spiro atoms. The summed E-state index contributed by atoms with van der Waals surface area (Å²) in [6.07, 6.45) is 19.9. The van der Waals surface area contributed by atoms with E-state index in [9.17, 15) is 9.90 Å². The number of unbranched alkanes of at least 4 members (excludes halogenated alkanes) is 14. The third-order valence-electron chi connectivity index (χ3n) is 3.98. The molecule has 0 aliphatic heterocycles. The molecule has 0 unspecified atom stereocenters. The molecule has 2 heteroatoms. The highest BCUT2D eigenvalue weighted by atomic mass is 16.4. The Morgan fingerprint density at radius 2 is 0.909 bits per heavy atom. The Morgan fingerprint density at radius 3 is 1.18 bits per heavy atom. The molecule has 0 N–H and O–H groups in total. The normalized spacial score (nSPS) is 10.0. The van der Waals surface area contributed by atoms with Crippen molar-refractivity contribution in [3.8, 4) is 0 Å². The van der Waals surface area contributed by atoms with E-state index in [1.54, 1.807) is 0 Å². The third kappa shape index (κ3) is 24.2. The van der Waals surface area contributed by atoms with Gasteiger partial charge in [0.25, 0.3) is 0 Å². The van der Waals surface area contributed by atoms with Gasteiger partial charge in [-0.05, 0) is 12.8 Å². The minimum absolute atomic E-state index is 0.234. The molecule has 0 saturated carbocycles. The number of carboxylic acids is 1. The average Bonchev–Trinajstić information content (AvgIpc) is 2.53. The van der Waals surface area contributed by atoms with Crippen molar-refractivity contribution in [2.45, 2.75) is 110 Å². The van der Waals surface area contributed by atoms with Crippen molar-refractivity contribution < 1.29 is 9.90 Å². The summed E-state index contributed by atoms with van der Waals surface area (Å²) in [5, 5.41) is 10.2. The van der Waals surface area contributed by atoms with Crippen molar-refractivity contribution >= 4 is 5.97 Å². The second-order valence-corrected chi connectivity index (χ2v) is 6.07. The van der Waals surface area contributed by atoms with Crippen LogP contribution in [0, 0.1) is 0 Å². The number of hydrogen-bond acceptors (Lipinski definition) is 2. The highest BCUT2D eigenvalue weighted by Crippen LogP contribution is 2.13. The Hall–Kier alpha value is -0.790. The molecule has 0 aromatic heterocycles. The van der Waals surface area contributed by atoms with Crippen LogP contribution >= 0.6 is 0 Å². The van der Waals surface area contributed by atoms with Crippen LogP contribution in [0.25, 0.3) is 0 Å². The molecule has 0 radical (unpaired) electrons. The standard InChI is InChI=1S/C18H36O2.C2H4/c1-2-3-4-5-6-7-8-9-10-11-12-13-14-15-16-17-18(19)20;1-2/h2-17H2,1H3,(H,19,20);1-2H2/p-1. The van der Waals surface area contributed by atoms with Gasteiger partial charge in [0.2, 0.25) is 0 Å². The predicted molar refractivity (Wildman–Crippen MR) is 95.8 cm³/mol. The largest absolute Gasteiger partial charge is 0.550 e. The van der Waals surface area contributed by atoms with Crippen molar-refractivity contribution in [3.05, 3.63) is 13.2 Å². The van der Waals surface area contributed by atoms with Crippen molar-refractivity contribution in [1.29, 1.82) is 0 Å². The fourth-order valence-corrected chi connectivity index (χ4v) is 2.64. The Kier molecular flexibility index (Phi) is 24.0. The molecule has 132 valence electrons. The van der Waals surface area contributed by atoms with Gasteiger partial charge in [0.15, 0.2) is 0 Å². The van der Waals surface area contributed by atoms with Crippen LogP contribution in [0.1, 0.15) is 110 Å². The molecule has 0 rings (SSSR count). The second-order valence-electron chi connectivity index (χ2n) is 6.07. The second kappa shape index (κ2) is 22.5. The molecule has 0 aliphatic carbocycles. The molecule has 0 saturated heterocycles. The first-order chi connectivity index (χ1) is 10.8. The first kappa shape index (κ1) is 23.5. The van der Waals surface area contributed by atoms with Gasteiger partial charge in [-0.25, -0.2) is 0 Å². The third-order valence-corrected chi connectivity index (χ3v) is 3.98. The Morgan fingerprint density at radius 1 is 0.636 bits per heavy atom. The number of carboxylic acid groups (broad SMARTS) is 1. The molecule has 0 fully saturated rings. The van der Waals surface area contributed by atoms with Crippen LogP contribution in [0.15, 0.2) is 13.2 Å². The highest BCUT2D eigenvalue weighted by molar-refractivity contribution is 5.63. The Balaban J connectivity index is 0. The fourth-order valence-electron chi connectivity index (χ4n) is 2.64. The molecule has 0 heterocycles. The van der Waals surface area contributed by atoms with E-state index in [2.05, 4.69) is 20.1 Å². The number of carbonyl (C=O) groups excluding carboxylic acids is 1. The molecule has 22 heavy (non-hydrogen) atoms. The van der Waals surface area contributed by atoms with Crippen molar-refractivity contribution in [3.63, 3.8) is 0 Å². The lowest BCUT2D eigenvalue weighted by Crippen LogP contribution is -2.21. The summed E-state index contributed by atoms with van der Waals surface area (Å²) in [5.41, 5.74) is 0. The van der Waals surface area contributed by atoms with Crippen LogP contribution in [0.5, 0.6) is 0 Å². The van der Waals surface area contributed by atoms with Crippen molar-refractivity contribution in [2.24, 2.45) is 0 Å². The van der Waals surface area contributed by atoms with Gasteiger partial charge in [0.1, 0.15) is 0 Å². The van der Waals surface area contributed by atoms with Gasteiger partial charge in [-0.15, -0.1) is 13.2 Å². The SMILES string of the molecule is C=C.CCCCCCCCCCCCCCCCCC(=O)[O-]. The smallest absolute Gasteiger partial charge is 0.0414 e. The molecular weight excluding hydrogens is 272 g/mol. The number of hydrogen-bond donors (Lipinski definition) is 0. The van der Waals surface area contributed by atoms with E-state index in [1.807, 2.05) is 0 Å². The van der Waals surface area contributed by atoms with Crippen LogP contribution < -0.4 is 5.11 Å². The van der Waals surface area contributed by atoms with Crippen LogP contribution in [0.4, 0.5) is 0 Å². The number of rotatable bonds is 16. The van der Waals surface area contributed by atoms with E-state index in [1.165, 1.54) is 83.5 Å². The van der Waals surface area contributed by atoms with E-state index < -0.39 is 5.97 Å². The molecular formula is C20H39O2-. The van der Waals surface area contributed by atoms with Gasteiger partial charge in [0, 0.05) is 5.97 Å². The summed E-state index contributed by atoms with van der Waals surface area (Å²) in [4.78, 5) is 10.2. The molecule has 0 aromatic rings. The zero-order chi connectivity index (χ0) is 16.9. The van der Waals surface area contributed by atoms with Crippen molar-refractivity contribution in [1.82, 2.24) is 0 Å². The Bertz CT molecular complexity index is 214. The quantitative estimate of drug-likeness (QED) is 0.267. The van der Waals surface area contributed by atoms with Crippen LogP contribution in [0.2, 0.25) is 0 Å². The maximum atomic E-state index is 10.2. The molecule has 0 bridgehead atoms. The summed E-state index contributed by atoms with van der Waals surface area (Å²) in [6.45, 7) is 8.27. The minimum Gasteiger partial charge on any atom is -0.550 e. The summed E-state index contributed by atoms with van der Waals surface area (Å²) in [7, 11) is 0. The van der Waals surface area contributed by atoms with Crippen molar-refractivity contribution in [2.75, 3.05) is 0 Å². The molecule has 0 aromatic carbocycles. The van der Waals surface area contributed by atoms with Gasteiger partial charge >= 0.3 is 0 Å². The predicted octanol–water partition coefficient (Wildman–Crippen LogP) is 5.80.